The predicted molar refractivity (Wildman–Crippen MR) is 69.7 cm³/mol. The number of hydrogen-bond acceptors (Lipinski definition) is 1. The molecule has 0 saturated carbocycles. The smallest absolute Gasteiger partial charge is 0.215 e. The molecule has 8 heteroatoms. The van der Waals surface area contributed by atoms with Crippen molar-refractivity contribution in [1.29, 1.82) is 0 Å². The van der Waals surface area contributed by atoms with Crippen LogP contribution in [0.1, 0.15) is 5.69 Å². The summed E-state index contributed by atoms with van der Waals surface area (Å²) < 4.78 is 51.8. The number of aromatic nitrogens is 1. The topological polar surface area (TPSA) is 12.9 Å². The van der Waals surface area contributed by atoms with Gasteiger partial charge in [-0.2, -0.15) is 17.6 Å². The summed E-state index contributed by atoms with van der Waals surface area (Å²) in [7, 11) is 0. The summed E-state index contributed by atoms with van der Waals surface area (Å²) in [6, 6.07) is 4.35. The standard InChI is InChI=1S/C12H4Cl3F4N/c13-6-2-3-7(14)10(15)9(6)5-1-4-8(16)20-11(5)12(17,18)19/h1-4H. The fourth-order valence-electron chi connectivity index (χ4n) is 1.63. The van der Waals surface area contributed by atoms with Crippen molar-refractivity contribution in [2.45, 2.75) is 6.18 Å². The van der Waals surface area contributed by atoms with Crippen molar-refractivity contribution in [2.24, 2.45) is 0 Å². The fourth-order valence-corrected chi connectivity index (χ4v) is 2.36. The average Bonchev–Trinajstić information content (AvgIpc) is 2.35. The summed E-state index contributed by atoms with van der Waals surface area (Å²) in [5.74, 6) is -1.25. The minimum Gasteiger partial charge on any atom is -0.215 e. The minimum atomic E-state index is -4.85. The van der Waals surface area contributed by atoms with Crippen molar-refractivity contribution in [3.8, 4) is 11.1 Å². The Balaban J connectivity index is 2.81. The molecule has 2 aromatic rings. The third-order valence-corrected chi connectivity index (χ3v) is 3.56. The molecule has 2 rings (SSSR count). The van der Waals surface area contributed by atoms with Gasteiger partial charge >= 0.3 is 6.18 Å². The zero-order valence-electron chi connectivity index (χ0n) is 9.40. The van der Waals surface area contributed by atoms with Gasteiger partial charge in [-0.05, 0) is 24.3 Å². The molecule has 0 spiro atoms. The second kappa shape index (κ2) is 5.39. The minimum absolute atomic E-state index is 0.0310. The summed E-state index contributed by atoms with van der Waals surface area (Å²) in [5, 5.41) is -0.167. The normalized spacial score (nSPS) is 11.8. The van der Waals surface area contributed by atoms with E-state index in [2.05, 4.69) is 4.98 Å². The van der Waals surface area contributed by atoms with Gasteiger partial charge in [0.2, 0.25) is 5.95 Å². The van der Waals surface area contributed by atoms with E-state index >= 15 is 0 Å². The van der Waals surface area contributed by atoms with E-state index in [1.165, 1.54) is 12.1 Å². The molecule has 0 unspecified atom stereocenters. The van der Waals surface area contributed by atoms with Crippen molar-refractivity contribution in [3.63, 3.8) is 0 Å². The van der Waals surface area contributed by atoms with E-state index in [0.29, 0.717) is 0 Å². The highest BCUT2D eigenvalue weighted by Gasteiger charge is 2.37. The molecule has 1 heterocycles. The maximum Gasteiger partial charge on any atom is 0.434 e. The van der Waals surface area contributed by atoms with E-state index in [4.69, 9.17) is 34.8 Å². The van der Waals surface area contributed by atoms with Crippen LogP contribution in [0.5, 0.6) is 0 Å². The van der Waals surface area contributed by atoms with Crippen LogP contribution in [-0.4, -0.2) is 4.98 Å². The Morgan fingerprint density at radius 1 is 0.900 bits per heavy atom. The van der Waals surface area contributed by atoms with Gasteiger partial charge < -0.3 is 0 Å². The summed E-state index contributed by atoms with van der Waals surface area (Å²) in [4.78, 5) is 2.88. The Hall–Kier alpha value is -1.04. The van der Waals surface area contributed by atoms with Gasteiger partial charge in [-0.15, -0.1) is 0 Å². The number of hydrogen-bond donors (Lipinski definition) is 0. The van der Waals surface area contributed by atoms with Crippen LogP contribution in [0.15, 0.2) is 24.3 Å². The van der Waals surface area contributed by atoms with Crippen LogP contribution < -0.4 is 0 Å². The molecule has 1 aromatic carbocycles. The third-order valence-electron chi connectivity index (χ3n) is 2.44. The summed E-state index contributed by atoms with van der Waals surface area (Å²) in [6.07, 6.45) is -4.85. The van der Waals surface area contributed by atoms with Gasteiger partial charge in [0.05, 0.1) is 15.1 Å². The monoisotopic (exact) mass is 343 g/mol. The zero-order chi connectivity index (χ0) is 15.1. The Bertz CT molecular complexity index is 670. The van der Waals surface area contributed by atoms with Crippen LogP contribution in [0, 0.1) is 5.95 Å². The first-order chi connectivity index (χ1) is 9.21. The maximum absolute atomic E-state index is 13.0. The van der Waals surface area contributed by atoms with Gasteiger partial charge in [-0.3, -0.25) is 0 Å². The highest BCUT2D eigenvalue weighted by Crippen LogP contribution is 2.43. The molecule has 0 aliphatic rings. The van der Waals surface area contributed by atoms with E-state index in [-0.39, 0.29) is 20.6 Å². The molecule has 1 nitrogen and oxygen atoms in total. The van der Waals surface area contributed by atoms with E-state index in [0.717, 1.165) is 12.1 Å². The van der Waals surface area contributed by atoms with Crippen LogP contribution in [0.2, 0.25) is 15.1 Å². The molecular formula is C12H4Cl3F4N. The third kappa shape index (κ3) is 2.85. The van der Waals surface area contributed by atoms with Crippen LogP contribution in [0.3, 0.4) is 0 Å². The molecule has 0 amide bonds. The van der Waals surface area contributed by atoms with Crippen molar-refractivity contribution in [2.75, 3.05) is 0 Å². The van der Waals surface area contributed by atoms with Gasteiger partial charge in [0.25, 0.3) is 0 Å². The number of alkyl halides is 3. The van der Waals surface area contributed by atoms with Crippen molar-refractivity contribution < 1.29 is 17.6 Å². The molecule has 1 aromatic heterocycles. The lowest BCUT2D eigenvalue weighted by Crippen LogP contribution is -2.11. The molecule has 0 fully saturated rings. The highest BCUT2D eigenvalue weighted by molar-refractivity contribution is 6.46. The number of nitrogens with zero attached hydrogens (tertiary/aromatic N) is 1. The predicted octanol–water partition coefficient (Wildman–Crippen LogP) is 5.87. The van der Waals surface area contributed by atoms with Crippen molar-refractivity contribution in [1.82, 2.24) is 4.98 Å². The first-order valence-corrected chi connectivity index (χ1v) is 6.23. The summed E-state index contributed by atoms with van der Waals surface area (Å²) in [5.41, 5.74) is -1.99. The van der Waals surface area contributed by atoms with Crippen molar-refractivity contribution >= 4 is 34.8 Å². The van der Waals surface area contributed by atoms with Gasteiger partial charge in [-0.25, -0.2) is 4.98 Å². The van der Waals surface area contributed by atoms with Crippen LogP contribution in [0.4, 0.5) is 17.6 Å². The number of rotatable bonds is 1. The molecule has 0 saturated heterocycles. The summed E-state index contributed by atoms with van der Waals surface area (Å²) in [6.45, 7) is 0. The highest BCUT2D eigenvalue weighted by atomic mass is 35.5. The van der Waals surface area contributed by atoms with Gasteiger partial charge in [0, 0.05) is 11.1 Å². The van der Waals surface area contributed by atoms with Gasteiger partial charge in [-0.1, -0.05) is 34.8 Å². The Morgan fingerprint density at radius 3 is 2.10 bits per heavy atom. The lowest BCUT2D eigenvalue weighted by atomic mass is 10.0. The van der Waals surface area contributed by atoms with Crippen LogP contribution in [-0.2, 0) is 6.18 Å². The van der Waals surface area contributed by atoms with E-state index in [9.17, 15) is 17.6 Å². The van der Waals surface area contributed by atoms with Gasteiger partial charge in [0.1, 0.15) is 0 Å². The van der Waals surface area contributed by atoms with E-state index in [1.54, 1.807) is 0 Å². The first-order valence-electron chi connectivity index (χ1n) is 5.09. The van der Waals surface area contributed by atoms with Gasteiger partial charge in [0.15, 0.2) is 5.69 Å². The second-order valence-electron chi connectivity index (χ2n) is 3.75. The zero-order valence-corrected chi connectivity index (χ0v) is 11.7. The molecule has 0 radical (unpaired) electrons. The Labute approximate surface area is 126 Å². The van der Waals surface area contributed by atoms with E-state index in [1.807, 2.05) is 0 Å². The second-order valence-corrected chi connectivity index (χ2v) is 4.94. The maximum atomic E-state index is 13.0. The number of pyridine rings is 1. The summed E-state index contributed by atoms with van der Waals surface area (Å²) >= 11 is 17.5. The molecule has 0 N–H and O–H groups in total. The lowest BCUT2D eigenvalue weighted by molar-refractivity contribution is -0.141. The quantitative estimate of drug-likeness (QED) is 0.358. The Kier molecular flexibility index (Phi) is 4.14. The SMILES string of the molecule is Fc1ccc(-c2c(Cl)ccc(Cl)c2Cl)c(C(F)(F)F)n1. The molecule has 106 valence electrons. The van der Waals surface area contributed by atoms with Crippen molar-refractivity contribution in [3.05, 3.63) is 51.0 Å². The average molecular weight is 345 g/mol. The molecule has 0 aliphatic carbocycles. The van der Waals surface area contributed by atoms with Crippen LogP contribution >= 0.6 is 34.8 Å². The molecular weight excluding hydrogens is 340 g/mol. The largest absolute Gasteiger partial charge is 0.434 e. The number of halogens is 7. The number of benzene rings is 1. The molecule has 0 bridgehead atoms. The van der Waals surface area contributed by atoms with Crippen LogP contribution in [0.25, 0.3) is 11.1 Å². The molecule has 0 atom stereocenters. The first kappa shape index (κ1) is 15.4. The fraction of sp³-hybridized carbons (Fsp3) is 0.0833. The lowest BCUT2D eigenvalue weighted by Gasteiger charge is -2.14. The molecule has 20 heavy (non-hydrogen) atoms. The Morgan fingerprint density at radius 2 is 1.50 bits per heavy atom. The van der Waals surface area contributed by atoms with E-state index < -0.39 is 23.4 Å². The molecule has 0 aliphatic heterocycles.